The highest BCUT2D eigenvalue weighted by molar-refractivity contribution is 6.30. The molecule has 21 heavy (non-hydrogen) atoms. The zero-order valence-corrected chi connectivity index (χ0v) is 11.1. The van der Waals surface area contributed by atoms with Crippen molar-refractivity contribution in [3.8, 4) is 0 Å². The SMILES string of the molecule is NC(c1ccc(Cl)c(F)c1)c1ccc(F)c(C(F)(F)F)c1. The van der Waals surface area contributed by atoms with Gasteiger partial charge in [-0.25, -0.2) is 8.78 Å². The molecule has 0 bridgehead atoms. The lowest BCUT2D eigenvalue weighted by Crippen LogP contribution is -2.15. The fourth-order valence-electron chi connectivity index (χ4n) is 1.85. The third-order valence-corrected chi connectivity index (χ3v) is 3.26. The number of nitrogens with two attached hydrogens (primary N) is 1. The van der Waals surface area contributed by atoms with E-state index in [0.717, 1.165) is 12.1 Å². The summed E-state index contributed by atoms with van der Waals surface area (Å²) in [4.78, 5) is 0. The van der Waals surface area contributed by atoms with Crippen molar-refractivity contribution in [2.45, 2.75) is 12.2 Å². The van der Waals surface area contributed by atoms with Crippen molar-refractivity contribution >= 4 is 11.6 Å². The Labute approximate surface area is 122 Å². The molecule has 0 aliphatic rings. The lowest BCUT2D eigenvalue weighted by molar-refractivity contribution is -0.140. The van der Waals surface area contributed by atoms with E-state index in [2.05, 4.69) is 0 Å². The first-order chi connectivity index (χ1) is 9.70. The Hall–Kier alpha value is -1.66. The molecule has 0 fully saturated rings. The molecule has 2 aromatic rings. The Kier molecular flexibility index (Phi) is 4.20. The minimum atomic E-state index is -4.83. The summed E-state index contributed by atoms with van der Waals surface area (Å²) in [6, 6.07) is 5.08. The molecule has 0 aliphatic heterocycles. The second-order valence-corrected chi connectivity index (χ2v) is 4.80. The van der Waals surface area contributed by atoms with E-state index < -0.39 is 29.4 Å². The first-order valence-corrected chi connectivity index (χ1v) is 6.15. The van der Waals surface area contributed by atoms with Gasteiger partial charge in [0.2, 0.25) is 0 Å². The summed E-state index contributed by atoms with van der Waals surface area (Å²) in [6.45, 7) is 0. The van der Waals surface area contributed by atoms with Crippen LogP contribution in [0, 0.1) is 11.6 Å². The van der Waals surface area contributed by atoms with Crippen LogP contribution < -0.4 is 5.73 Å². The first kappa shape index (κ1) is 15.7. The summed E-state index contributed by atoms with van der Waals surface area (Å²) in [6.07, 6.45) is -4.83. The zero-order valence-electron chi connectivity index (χ0n) is 10.4. The Bertz CT molecular complexity index is 669. The smallest absolute Gasteiger partial charge is 0.320 e. The minimum absolute atomic E-state index is 0.0189. The molecule has 7 heteroatoms. The van der Waals surface area contributed by atoms with Crippen LogP contribution in [0.25, 0.3) is 0 Å². The van der Waals surface area contributed by atoms with Crippen molar-refractivity contribution in [2.75, 3.05) is 0 Å². The number of halogens is 6. The van der Waals surface area contributed by atoms with Gasteiger partial charge in [-0.1, -0.05) is 23.7 Å². The molecule has 0 radical (unpaired) electrons. The van der Waals surface area contributed by atoms with E-state index in [-0.39, 0.29) is 16.1 Å². The molecule has 1 atom stereocenters. The van der Waals surface area contributed by atoms with E-state index in [4.69, 9.17) is 17.3 Å². The number of hydrogen-bond acceptors (Lipinski definition) is 1. The fourth-order valence-corrected chi connectivity index (χ4v) is 1.97. The number of alkyl halides is 3. The quantitative estimate of drug-likeness (QED) is 0.798. The van der Waals surface area contributed by atoms with E-state index in [1.165, 1.54) is 12.1 Å². The third-order valence-electron chi connectivity index (χ3n) is 2.96. The molecule has 0 saturated heterocycles. The van der Waals surface area contributed by atoms with Gasteiger partial charge in [0.05, 0.1) is 16.6 Å². The molecule has 1 nitrogen and oxygen atoms in total. The van der Waals surface area contributed by atoms with Crippen molar-refractivity contribution in [1.82, 2.24) is 0 Å². The van der Waals surface area contributed by atoms with Crippen LogP contribution in [0.2, 0.25) is 5.02 Å². The van der Waals surface area contributed by atoms with Crippen molar-refractivity contribution in [3.05, 3.63) is 69.7 Å². The molecular formula is C14H9ClF5N. The molecule has 1 unspecified atom stereocenters. The van der Waals surface area contributed by atoms with Crippen LogP contribution in [0.15, 0.2) is 36.4 Å². The van der Waals surface area contributed by atoms with Crippen molar-refractivity contribution < 1.29 is 22.0 Å². The average molecular weight is 322 g/mol. The van der Waals surface area contributed by atoms with Crippen molar-refractivity contribution in [2.24, 2.45) is 5.73 Å². The lowest BCUT2D eigenvalue weighted by Gasteiger charge is -2.16. The molecule has 0 amide bonds. The van der Waals surface area contributed by atoms with Gasteiger partial charge in [0.1, 0.15) is 11.6 Å². The molecule has 2 N–H and O–H groups in total. The topological polar surface area (TPSA) is 26.0 Å². The Morgan fingerprint density at radius 1 is 0.905 bits per heavy atom. The van der Waals surface area contributed by atoms with Gasteiger partial charge in [-0.05, 0) is 35.4 Å². The van der Waals surface area contributed by atoms with E-state index in [1.807, 2.05) is 0 Å². The number of benzene rings is 2. The summed E-state index contributed by atoms with van der Waals surface area (Å²) < 4.78 is 64.5. The van der Waals surface area contributed by atoms with Gasteiger partial charge in [0.15, 0.2) is 0 Å². The molecule has 2 aromatic carbocycles. The molecule has 0 aliphatic carbocycles. The van der Waals surface area contributed by atoms with Gasteiger partial charge < -0.3 is 5.73 Å². The van der Waals surface area contributed by atoms with Crippen molar-refractivity contribution in [3.63, 3.8) is 0 Å². The van der Waals surface area contributed by atoms with Crippen LogP contribution >= 0.6 is 11.6 Å². The van der Waals surface area contributed by atoms with Crippen LogP contribution in [0.1, 0.15) is 22.7 Å². The van der Waals surface area contributed by atoms with Crippen LogP contribution in [-0.4, -0.2) is 0 Å². The van der Waals surface area contributed by atoms with Gasteiger partial charge in [-0.15, -0.1) is 0 Å². The molecular weight excluding hydrogens is 313 g/mol. The molecule has 2 rings (SSSR count). The summed E-state index contributed by atoms with van der Waals surface area (Å²) in [5, 5.41) is -0.124. The Morgan fingerprint density at radius 2 is 1.48 bits per heavy atom. The van der Waals surface area contributed by atoms with Crippen molar-refractivity contribution in [1.29, 1.82) is 0 Å². The summed E-state index contributed by atoms with van der Waals surface area (Å²) in [7, 11) is 0. The lowest BCUT2D eigenvalue weighted by atomic mass is 9.97. The second-order valence-electron chi connectivity index (χ2n) is 4.39. The third kappa shape index (κ3) is 3.33. The number of rotatable bonds is 2. The minimum Gasteiger partial charge on any atom is -0.320 e. The van der Waals surface area contributed by atoms with E-state index in [1.54, 1.807) is 0 Å². The molecule has 0 heterocycles. The maximum Gasteiger partial charge on any atom is 0.419 e. The predicted molar refractivity (Wildman–Crippen MR) is 68.8 cm³/mol. The van der Waals surface area contributed by atoms with Gasteiger partial charge in [-0.2, -0.15) is 13.2 Å². The summed E-state index contributed by atoms with van der Waals surface area (Å²) in [5.74, 6) is -2.12. The Balaban J connectivity index is 2.44. The molecule has 0 saturated carbocycles. The van der Waals surface area contributed by atoms with E-state index in [0.29, 0.717) is 12.1 Å². The van der Waals surface area contributed by atoms with E-state index >= 15 is 0 Å². The van der Waals surface area contributed by atoms with Gasteiger partial charge >= 0.3 is 6.18 Å². The average Bonchev–Trinajstić information content (AvgIpc) is 2.40. The molecule has 112 valence electrons. The highest BCUT2D eigenvalue weighted by atomic mass is 35.5. The monoisotopic (exact) mass is 321 g/mol. The second kappa shape index (κ2) is 5.61. The van der Waals surface area contributed by atoms with Crippen LogP contribution in [-0.2, 0) is 6.18 Å². The van der Waals surface area contributed by atoms with Gasteiger partial charge in [-0.3, -0.25) is 0 Å². The highest BCUT2D eigenvalue weighted by Crippen LogP contribution is 2.34. The highest BCUT2D eigenvalue weighted by Gasteiger charge is 2.34. The summed E-state index contributed by atoms with van der Waals surface area (Å²) >= 11 is 5.52. The van der Waals surface area contributed by atoms with Gasteiger partial charge in [0.25, 0.3) is 0 Å². The fraction of sp³-hybridized carbons (Fsp3) is 0.143. The van der Waals surface area contributed by atoms with Crippen LogP contribution in [0.3, 0.4) is 0 Å². The van der Waals surface area contributed by atoms with E-state index in [9.17, 15) is 22.0 Å². The van der Waals surface area contributed by atoms with Gasteiger partial charge in [0, 0.05) is 0 Å². The standard InChI is InChI=1S/C14H9ClF5N/c15-10-3-1-8(6-12(10)17)13(21)7-2-4-11(16)9(5-7)14(18,19)20/h1-6,13H,21H2. The largest absolute Gasteiger partial charge is 0.419 e. The summed E-state index contributed by atoms with van der Waals surface area (Å²) in [5.41, 5.74) is 4.64. The normalized spacial score (nSPS) is 13.3. The van der Waals surface area contributed by atoms with Crippen LogP contribution in [0.4, 0.5) is 22.0 Å². The zero-order chi connectivity index (χ0) is 15.8. The Morgan fingerprint density at radius 3 is 2.05 bits per heavy atom. The molecule has 0 spiro atoms. The maximum atomic E-state index is 13.4. The first-order valence-electron chi connectivity index (χ1n) is 5.77. The van der Waals surface area contributed by atoms with Crippen LogP contribution in [0.5, 0.6) is 0 Å². The molecule has 0 aromatic heterocycles. The maximum absolute atomic E-state index is 13.4. The predicted octanol–water partition coefficient (Wildman–Crippen LogP) is 4.69. The number of hydrogen-bond donors (Lipinski definition) is 1.